The summed E-state index contributed by atoms with van der Waals surface area (Å²) in [6.45, 7) is 3.66. The Hall–Kier alpha value is -0.920. The highest BCUT2D eigenvalue weighted by molar-refractivity contribution is 8.00. The molecule has 6 nitrogen and oxygen atoms in total. The molecule has 0 aliphatic carbocycles. The highest BCUT2D eigenvalue weighted by atomic mass is 32.2. The van der Waals surface area contributed by atoms with Gasteiger partial charge in [-0.15, -0.1) is 11.8 Å². The second-order valence-corrected chi connectivity index (χ2v) is 5.94. The number of carbonyl (C=O) groups is 3. The van der Waals surface area contributed by atoms with Gasteiger partial charge in [0.1, 0.15) is 11.6 Å². The van der Waals surface area contributed by atoms with Crippen LogP contribution < -0.4 is 16.0 Å². The smallest absolute Gasteiger partial charge is 0.229 e. The number of thioether (sulfide) groups is 1. The molecule has 21 heavy (non-hydrogen) atoms. The minimum atomic E-state index is -0.199. The Labute approximate surface area is 131 Å². The van der Waals surface area contributed by atoms with Crippen LogP contribution in [0.4, 0.5) is 0 Å². The Morgan fingerprint density at radius 2 is 1.57 bits per heavy atom. The third kappa shape index (κ3) is 9.60. The van der Waals surface area contributed by atoms with Crippen molar-refractivity contribution in [2.24, 2.45) is 0 Å². The lowest BCUT2D eigenvalue weighted by Crippen LogP contribution is -2.36. The van der Waals surface area contributed by atoms with E-state index in [4.69, 9.17) is 0 Å². The van der Waals surface area contributed by atoms with Crippen LogP contribution in [-0.2, 0) is 14.4 Å². The van der Waals surface area contributed by atoms with Gasteiger partial charge in [-0.1, -0.05) is 0 Å². The Morgan fingerprint density at radius 3 is 2.05 bits per heavy atom. The average Bonchev–Trinajstić information content (AvgIpc) is 2.42. The monoisotopic (exact) mass is 317 g/mol. The summed E-state index contributed by atoms with van der Waals surface area (Å²) in [5.41, 5.74) is 0. The van der Waals surface area contributed by atoms with Crippen molar-refractivity contribution in [3.8, 4) is 0 Å². The van der Waals surface area contributed by atoms with Crippen LogP contribution in [0.2, 0.25) is 0 Å². The normalized spacial score (nSPS) is 13.5. The van der Waals surface area contributed by atoms with Crippen molar-refractivity contribution in [3.63, 3.8) is 0 Å². The summed E-state index contributed by atoms with van der Waals surface area (Å²) in [6, 6.07) is -0.335. The third-order valence-corrected chi connectivity index (χ3v) is 4.22. The lowest BCUT2D eigenvalue weighted by Gasteiger charge is -2.13. The summed E-state index contributed by atoms with van der Waals surface area (Å²) in [5.74, 6) is 1.08. The van der Waals surface area contributed by atoms with Gasteiger partial charge in [-0.25, -0.2) is 0 Å². The SMILES string of the molecule is CNC(CCCNC(=O)CSCC(NC)C(C)=O)C(C)=O. The highest BCUT2D eigenvalue weighted by Gasteiger charge is 2.13. The van der Waals surface area contributed by atoms with Crippen LogP contribution in [0.15, 0.2) is 0 Å². The van der Waals surface area contributed by atoms with Gasteiger partial charge in [0.2, 0.25) is 5.91 Å². The van der Waals surface area contributed by atoms with Crippen molar-refractivity contribution in [2.75, 3.05) is 32.1 Å². The predicted molar refractivity (Wildman–Crippen MR) is 86.6 cm³/mol. The van der Waals surface area contributed by atoms with E-state index in [9.17, 15) is 14.4 Å². The quantitative estimate of drug-likeness (QED) is 0.438. The summed E-state index contributed by atoms with van der Waals surface area (Å²) in [7, 11) is 3.49. The van der Waals surface area contributed by atoms with E-state index in [2.05, 4.69) is 16.0 Å². The summed E-state index contributed by atoms with van der Waals surface area (Å²) in [5, 5.41) is 8.68. The summed E-state index contributed by atoms with van der Waals surface area (Å²) in [6.07, 6.45) is 1.47. The van der Waals surface area contributed by atoms with Gasteiger partial charge in [-0.05, 0) is 40.8 Å². The molecule has 0 aliphatic heterocycles. The number of nitrogens with one attached hydrogen (secondary N) is 3. The number of hydrogen-bond acceptors (Lipinski definition) is 6. The molecular weight excluding hydrogens is 290 g/mol. The molecule has 0 heterocycles. The maximum atomic E-state index is 11.6. The molecule has 0 rings (SSSR count). The zero-order chi connectivity index (χ0) is 16.3. The molecule has 0 aromatic heterocycles. The number of rotatable bonds is 12. The molecule has 0 bridgehead atoms. The Morgan fingerprint density at radius 1 is 1.00 bits per heavy atom. The maximum absolute atomic E-state index is 11.6. The minimum absolute atomic E-state index is 0.0396. The first kappa shape index (κ1) is 20.1. The van der Waals surface area contributed by atoms with Crippen molar-refractivity contribution in [1.29, 1.82) is 0 Å². The second kappa shape index (κ2) is 11.7. The fourth-order valence-electron chi connectivity index (χ4n) is 1.81. The molecule has 1 amide bonds. The molecule has 0 radical (unpaired) electrons. The predicted octanol–water partition coefficient (Wildman–Crippen LogP) is -0.0300. The standard InChI is InChI=1S/C14H27N3O3S/c1-10(18)12(15-3)6-5-7-17-14(20)9-21-8-13(16-4)11(2)19/h12-13,15-16H,5-9H2,1-4H3,(H,17,20). The zero-order valence-electron chi connectivity index (χ0n) is 13.3. The van der Waals surface area contributed by atoms with Gasteiger partial charge >= 0.3 is 0 Å². The van der Waals surface area contributed by atoms with Crippen molar-refractivity contribution in [3.05, 3.63) is 0 Å². The Balaban J connectivity index is 3.72. The zero-order valence-corrected chi connectivity index (χ0v) is 14.1. The Kier molecular flexibility index (Phi) is 11.2. The van der Waals surface area contributed by atoms with E-state index in [1.807, 2.05) is 0 Å². The van der Waals surface area contributed by atoms with E-state index in [1.54, 1.807) is 21.0 Å². The van der Waals surface area contributed by atoms with Gasteiger partial charge in [0.15, 0.2) is 0 Å². The Bertz CT molecular complexity index is 350. The van der Waals surface area contributed by atoms with Crippen LogP contribution in [0, 0.1) is 0 Å². The topological polar surface area (TPSA) is 87.3 Å². The molecule has 3 N–H and O–H groups in total. The van der Waals surface area contributed by atoms with Gasteiger partial charge in [0.05, 0.1) is 17.8 Å². The lowest BCUT2D eigenvalue weighted by atomic mass is 10.1. The average molecular weight is 317 g/mol. The first-order valence-corrected chi connectivity index (χ1v) is 8.27. The van der Waals surface area contributed by atoms with Crippen molar-refractivity contribution >= 4 is 29.2 Å². The van der Waals surface area contributed by atoms with Crippen LogP contribution in [-0.4, -0.2) is 61.7 Å². The van der Waals surface area contributed by atoms with Crippen molar-refractivity contribution in [2.45, 2.75) is 38.8 Å². The molecule has 0 aromatic rings. The van der Waals surface area contributed by atoms with Gasteiger partial charge < -0.3 is 16.0 Å². The molecule has 0 saturated carbocycles. The van der Waals surface area contributed by atoms with Crippen LogP contribution in [0.3, 0.4) is 0 Å². The van der Waals surface area contributed by atoms with E-state index in [0.717, 1.165) is 6.42 Å². The van der Waals surface area contributed by atoms with Gasteiger partial charge in [-0.3, -0.25) is 14.4 Å². The number of amides is 1. The van der Waals surface area contributed by atoms with E-state index >= 15 is 0 Å². The number of ketones is 2. The molecule has 0 saturated heterocycles. The molecule has 0 spiro atoms. The first-order chi connectivity index (χ1) is 9.92. The summed E-state index contributed by atoms with van der Waals surface area (Å²) < 4.78 is 0. The van der Waals surface area contributed by atoms with Gasteiger partial charge in [0, 0.05) is 12.3 Å². The molecule has 122 valence electrons. The molecule has 2 unspecified atom stereocenters. The van der Waals surface area contributed by atoms with Crippen LogP contribution in [0.25, 0.3) is 0 Å². The summed E-state index contributed by atoms with van der Waals surface area (Å²) >= 11 is 1.43. The third-order valence-electron chi connectivity index (χ3n) is 3.19. The van der Waals surface area contributed by atoms with Crippen molar-refractivity contribution < 1.29 is 14.4 Å². The van der Waals surface area contributed by atoms with E-state index < -0.39 is 0 Å². The first-order valence-electron chi connectivity index (χ1n) is 7.12. The van der Waals surface area contributed by atoms with E-state index in [0.29, 0.717) is 24.5 Å². The molecule has 2 atom stereocenters. The molecule has 0 fully saturated rings. The fourth-order valence-corrected chi connectivity index (χ4v) is 2.85. The lowest BCUT2D eigenvalue weighted by molar-refractivity contribution is -0.119. The highest BCUT2D eigenvalue weighted by Crippen LogP contribution is 2.03. The molecular formula is C14H27N3O3S. The molecule has 0 aromatic carbocycles. The number of hydrogen-bond donors (Lipinski definition) is 3. The minimum Gasteiger partial charge on any atom is -0.355 e. The maximum Gasteiger partial charge on any atom is 0.229 e. The van der Waals surface area contributed by atoms with Gasteiger partial charge in [-0.2, -0.15) is 0 Å². The summed E-state index contributed by atoms with van der Waals surface area (Å²) in [4.78, 5) is 34.0. The van der Waals surface area contributed by atoms with E-state index in [1.165, 1.54) is 18.7 Å². The molecule has 0 aliphatic rings. The number of likely N-dealkylation sites (N-methyl/N-ethyl adjacent to an activating group) is 2. The number of Topliss-reactive ketones (excluding diaryl/α,β-unsaturated/α-hetero) is 2. The largest absolute Gasteiger partial charge is 0.355 e. The van der Waals surface area contributed by atoms with Crippen molar-refractivity contribution in [1.82, 2.24) is 16.0 Å². The van der Waals surface area contributed by atoms with Crippen LogP contribution in [0.5, 0.6) is 0 Å². The van der Waals surface area contributed by atoms with E-state index in [-0.39, 0.29) is 29.6 Å². The molecule has 7 heteroatoms. The fraction of sp³-hybridized carbons (Fsp3) is 0.786. The van der Waals surface area contributed by atoms with Crippen LogP contribution >= 0.6 is 11.8 Å². The number of carbonyl (C=O) groups excluding carboxylic acids is 3. The van der Waals surface area contributed by atoms with Crippen LogP contribution in [0.1, 0.15) is 26.7 Å². The second-order valence-electron chi connectivity index (χ2n) is 4.91. The van der Waals surface area contributed by atoms with Gasteiger partial charge in [0.25, 0.3) is 0 Å².